The molecule has 0 saturated carbocycles. The first-order valence-corrected chi connectivity index (χ1v) is 12.5. The van der Waals surface area contributed by atoms with Crippen molar-refractivity contribution in [1.29, 1.82) is 0 Å². The van der Waals surface area contributed by atoms with Crippen molar-refractivity contribution < 1.29 is 19.1 Å². The van der Waals surface area contributed by atoms with Crippen LogP contribution in [0, 0.1) is 5.92 Å². The SMILES string of the molecule is C[C@H](CC/C=C(\Br)CC1=CC(O[Si](C)(C)C(C)(C)C)CC1=O)C(=O)O. The van der Waals surface area contributed by atoms with Gasteiger partial charge in [-0.05, 0) is 47.1 Å². The molecule has 0 aromatic heterocycles. The maximum absolute atomic E-state index is 12.3. The summed E-state index contributed by atoms with van der Waals surface area (Å²) in [6.45, 7) is 12.7. The number of carbonyl (C=O) groups is 2. The van der Waals surface area contributed by atoms with Gasteiger partial charge >= 0.3 is 5.97 Å². The molecular formula is C19H31BrO4Si. The molecule has 0 spiro atoms. The highest BCUT2D eigenvalue weighted by molar-refractivity contribution is 9.11. The van der Waals surface area contributed by atoms with Crippen LogP contribution in [-0.4, -0.2) is 31.3 Å². The summed E-state index contributed by atoms with van der Waals surface area (Å²) in [6, 6.07) is 0. The van der Waals surface area contributed by atoms with Crippen molar-refractivity contribution in [3.8, 4) is 0 Å². The molecule has 0 fully saturated rings. The average Bonchev–Trinajstić information content (AvgIpc) is 2.76. The van der Waals surface area contributed by atoms with Crippen LogP contribution in [0.25, 0.3) is 0 Å². The number of halogens is 1. The van der Waals surface area contributed by atoms with Crippen LogP contribution < -0.4 is 0 Å². The first-order valence-electron chi connectivity index (χ1n) is 8.82. The van der Waals surface area contributed by atoms with Crippen molar-refractivity contribution in [3.05, 3.63) is 22.2 Å². The molecule has 0 bridgehead atoms. The number of hydrogen-bond acceptors (Lipinski definition) is 3. The fourth-order valence-electron chi connectivity index (χ4n) is 2.35. The number of Topliss-reactive ketones (excluding diaryl/α,β-unsaturated/α-hetero) is 1. The predicted molar refractivity (Wildman–Crippen MR) is 107 cm³/mol. The van der Waals surface area contributed by atoms with Crippen LogP contribution in [0.15, 0.2) is 22.2 Å². The molecule has 1 rings (SSSR count). The van der Waals surface area contributed by atoms with E-state index in [0.29, 0.717) is 25.7 Å². The zero-order valence-corrected chi connectivity index (χ0v) is 18.8. The Kier molecular flexibility index (Phi) is 7.84. The third-order valence-electron chi connectivity index (χ3n) is 5.13. The number of hydrogen-bond donors (Lipinski definition) is 1. The van der Waals surface area contributed by atoms with Crippen LogP contribution in [0.1, 0.15) is 53.4 Å². The summed E-state index contributed by atoms with van der Waals surface area (Å²) in [5.41, 5.74) is 0.790. The van der Waals surface area contributed by atoms with E-state index in [1.54, 1.807) is 6.92 Å². The van der Waals surface area contributed by atoms with Crippen LogP contribution in [0.4, 0.5) is 0 Å². The minimum Gasteiger partial charge on any atom is -0.481 e. The summed E-state index contributed by atoms with van der Waals surface area (Å²) < 4.78 is 7.25. The first-order chi connectivity index (χ1) is 11.3. The lowest BCUT2D eigenvalue weighted by Gasteiger charge is -2.37. The Balaban J connectivity index is 2.63. The zero-order chi connectivity index (χ0) is 19.4. The lowest BCUT2D eigenvalue weighted by atomic mass is 10.1. The fraction of sp³-hybridized carbons (Fsp3) is 0.684. The molecule has 0 saturated heterocycles. The number of allylic oxidation sites excluding steroid dienone is 3. The van der Waals surface area contributed by atoms with Crippen molar-refractivity contribution in [2.24, 2.45) is 5.92 Å². The number of rotatable bonds is 8. The highest BCUT2D eigenvalue weighted by Gasteiger charge is 2.40. The van der Waals surface area contributed by atoms with Gasteiger partial charge < -0.3 is 9.53 Å². The highest BCUT2D eigenvalue weighted by Crippen LogP contribution is 2.39. The van der Waals surface area contributed by atoms with Gasteiger partial charge in [-0.1, -0.05) is 49.7 Å². The van der Waals surface area contributed by atoms with Gasteiger partial charge in [0.1, 0.15) is 0 Å². The lowest BCUT2D eigenvalue weighted by Crippen LogP contribution is -2.43. The molecule has 25 heavy (non-hydrogen) atoms. The van der Waals surface area contributed by atoms with Gasteiger partial charge in [-0.2, -0.15) is 0 Å². The molecule has 2 atom stereocenters. The zero-order valence-electron chi connectivity index (χ0n) is 16.2. The van der Waals surface area contributed by atoms with Crippen LogP contribution in [0.2, 0.25) is 18.1 Å². The van der Waals surface area contributed by atoms with Crippen molar-refractivity contribution in [2.75, 3.05) is 0 Å². The second-order valence-corrected chi connectivity index (χ2v) is 14.2. The van der Waals surface area contributed by atoms with E-state index in [2.05, 4.69) is 49.8 Å². The van der Waals surface area contributed by atoms with E-state index in [1.807, 2.05) is 12.2 Å². The summed E-state index contributed by atoms with van der Waals surface area (Å²) in [5, 5.41) is 9.01. The van der Waals surface area contributed by atoms with Crippen molar-refractivity contribution in [2.45, 2.75) is 77.6 Å². The summed E-state index contributed by atoms with van der Waals surface area (Å²) in [4.78, 5) is 23.1. The lowest BCUT2D eigenvalue weighted by molar-refractivity contribution is -0.141. The van der Waals surface area contributed by atoms with E-state index in [-0.39, 0.29) is 22.8 Å². The van der Waals surface area contributed by atoms with E-state index in [0.717, 1.165) is 10.1 Å². The van der Waals surface area contributed by atoms with Crippen LogP contribution in [0.3, 0.4) is 0 Å². The monoisotopic (exact) mass is 430 g/mol. The Labute approximate surface area is 161 Å². The molecule has 0 heterocycles. The largest absolute Gasteiger partial charge is 0.481 e. The van der Waals surface area contributed by atoms with Gasteiger partial charge in [0.25, 0.3) is 0 Å². The molecule has 0 radical (unpaired) electrons. The van der Waals surface area contributed by atoms with Crippen molar-refractivity contribution in [3.63, 3.8) is 0 Å². The highest BCUT2D eigenvalue weighted by atomic mass is 79.9. The van der Waals surface area contributed by atoms with Crippen LogP contribution >= 0.6 is 15.9 Å². The molecule has 0 aliphatic heterocycles. The molecule has 4 nitrogen and oxygen atoms in total. The molecular weight excluding hydrogens is 400 g/mol. The van der Waals surface area contributed by atoms with E-state index in [4.69, 9.17) is 9.53 Å². The van der Waals surface area contributed by atoms with Gasteiger partial charge in [-0.15, -0.1) is 0 Å². The Hall–Kier alpha value is -0.723. The Bertz CT molecular complexity index is 572. The van der Waals surface area contributed by atoms with Gasteiger partial charge in [0, 0.05) is 12.8 Å². The normalized spacial score (nSPS) is 20.6. The molecule has 1 unspecified atom stereocenters. The molecule has 6 heteroatoms. The standard InChI is InChI=1S/C19H31BrO4Si/c1-13(18(22)23)8-7-9-15(20)10-14-11-16(12-17(14)21)24-25(5,6)19(2,3)4/h9,11,13,16H,7-8,10,12H2,1-6H3,(H,22,23)/b15-9-/t13-,16?/m1/s1. The van der Waals surface area contributed by atoms with Gasteiger partial charge in [0.05, 0.1) is 12.0 Å². The number of carboxylic acid groups (broad SMARTS) is 1. The molecule has 0 aromatic carbocycles. The van der Waals surface area contributed by atoms with E-state index in [9.17, 15) is 9.59 Å². The fourth-order valence-corrected chi connectivity index (χ4v) is 4.14. The minimum atomic E-state index is -1.89. The van der Waals surface area contributed by atoms with Gasteiger partial charge in [-0.25, -0.2) is 0 Å². The summed E-state index contributed by atoms with van der Waals surface area (Å²) in [6.07, 6.45) is 6.08. The van der Waals surface area contributed by atoms with E-state index >= 15 is 0 Å². The molecule has 142 valence electrons. The molecule has 1 N–H and O–H groups in total. The molecule has 0 aromatic rings. The number of carboxylic acids is 1. The minimum absolute atomic E-state index is 0.115. The number of carbonyl (C=O) groups excluding carboxylic acids is 1. The Morgan fingerprint density at radius 2 is 2.08 bits per heavy atom. The van der Waals surface area contributed by atoms with Crippen LogP contribution in [-0.2, 0) is 14.0 Å². The Morgan fingerprint density at radius 3 is 2.60 bits per heavy atom. The smallest absolute Gasteiger partial charge is 0.306 e. The first kappa shape index (κ1) is 22.3. The van der Waals surface area contributed by atoms with Crippen LogP contribution in [0.5, 0.6) is 0 Å². The number of aliphatic carboxylic acids is 1. The molecule has 1 aliphatic carbocycles. The van der Waals surface area contributed by atoms with Gasteiger partial charge in [0.2, 0.25) is 0 Å². The molecule has 0 amide bonds. The quantitative estimate of drug-likeness (QED) is 0.520. The number of ketones is 1. The maximum Gasteiger partial charge on any atom is 0.306 e. The molecule has 1 aliphatic rings. The second kappa shape index (κ2) is 8.78. The van der Waals surface area contributed by atoms with Gasteiger partial charge in [-0.3, -0.25) is 9.59 Å². The second-order valence-electron chi connectivity index (χ2n) is 8.38. The summed E-state index contributed by atoms with van der Waals surface area (Å²) in [5.74, 6) is -0.983. The predicted octanol–water partition coefficient (Wildman–Crippen LogP) is 5.45. The topological polar surface area (TPSA) is 63.6 Å². The average molecular weight is 431 g/mol. The van der Waals surface area contributed by atoms with Crippen molar-refractivity contribution >= 4 is 36.0 Å². The third-order valence-corrected chi connectivity index (χ3v) is 10.2. The van der Waals surface area contributed by atoms with Gasteiger partial charge in [0.15, 0.2) is 14.1 Å². The summed E-state index contributed by atoms with van der Waals surface area (Å²) in [7, 11) is -1.89. The van der Waals surface area contributed by atoms with Crippen molar-refractivity contribution in [1.82, 2.24) is 0 Å². The summed E-state index contributed by atoms with van der Waals surface area (Å²) >= 11 is 3.50. The van der Waals surface area contributed by atoms with E-state index in [1.165, 1.54) is 0 Å². The maximum atomic E-state index is 12.3. The Morgan fingerprint density at radius 1 is 1.48 bits per heavy atom. The third kappa shape index (κ3) is 6.83. The van der Waals surface area contributed by atoms with E-state index < -0.39 is 14.3 Å².